The largest absolute Gasteiger partial charge is 0.507 e. The summed E-state index contributed by atoms with van der Waals surface area (Å²) in [5, 5.41) is 21.7. The van der Waals surface area contributed by atoms with Crippen LogP contribution in [0, 0.1) is 24.4 Å². The molecule has 1 heterocycles. The van der Waals surface area contributed by atoms with Gasteiger partial charge in [0.15, 0.2) is 23.1 Å². The number of aliphatic imine (C=N–C) groups is 1. The van der Waals surface area contributed by atoms with Crippen molar-refractivity contribution in [2.75, 3.05) is 20.6 Å². The Hall–Kier alpha value is -3.20. The summed E-state index contributed by atoms with van der Waals surface area (Å²) >= 11 is 0. The molecule has 0 atom stereocenters. The van der Waals surface area contributed by atoms with E-state index in [0.29, 0.717) is 35.3 Å². The van der Waals surface area contributed by atoms with Crippen molar-refractivity contribution in [3.63, 3.8) is 0 Å². The molecular weight excluding hydrogens is 411 g/mol. The maximum Gasteiger partial charge on any atom is 0.191 e. The molecule has 1 aromatic heterocycles. The average molecular weight is 435 g/mol. The number of nitrogens with zero attached hydrogens (tertiary/aromatic N) is 3. The number of fused-ring (bicyclic) bond motifs is 1. The second kappa shape index (κ2) is 8.89. The van der Waals surface area contributed by atoms with Crippen LogP contribution in [0.2, 0.25) is 0 Å². The van der Waals surface area contributed by atoms with Crippen LogP contribution in [0.5, 0.6) is 17.2 Å². The quantitative estimate of drug-likeness (QED) is 0.422. The molecule has 3 rings (SSSR count). The molecule has 0 aliphatic carbocycles. The van der Waals surface area contributed by atoms with Gasteiger partial charge in [-0.1, -0.05) is 0 Å². The monoisotopic (exact) mass is 435 g/mol. The Morgan fingerprint density at radius 3 is 2.39 bits per heavy atom. The van der Waals surface area contributed by atoms with Crippen molar-refractivity contribution >= 4 is 22.8 Å². The highest BCUT2D eigenvalue weighted by Gasteiger charge is 2.22. The minimum Gasteiger partial charge on any atom is -0.507 e. The molecule has 2 aromatic carbocycles. The number of phenols is 2. The first-order valence-electron chi connectivity index (χ1n) is 9.59. The fourth-order valence-corrected chi connectivity index (χ4v) is 3.37. The first kappa shape index (κ1) is 22.5. The highest BCUT2D eigenvalue weighted by molar-refractivity contribution is 5.99. The Morgan fingerprint density at radius 2 is 1.77 bits per heavy atom. The molecule has 166 valence electrons. The van der Waals surface area contributed by atoms with Gasteiger partial charge in [0.25, 0.3) is 0 Å². The minimum absolute atomic E-state index is 0.134. The maximum atomic E-state index is 13.9. The van der Waals surface area contributed by atoms with Gasteiger partial charge in [-0.2, -0.15) is 0 Å². The van der Waals surface area contributed by atoms with Crippen LogP contribution in [0.25, 0.3) is 10.9 Å². The second-order valence-electron chi connectivity index (χ2n) is 7.50. The Bertz CT molecular complexity index is 1130. The zero-order chi connectivity index (χ0) is 22.9. The van der Waals surface area contributed by atoms with Crippen LogP contribution in [0.3, 0.4) is 0 Å². The molecule has 2 N–H and O–H groups in total. The van der Waals surface area contributed by atoms with Gasteiger partial charge in [-0.3, -0.25) is 4.99 Å². The number of ether oxygens (including phenoxy) is 1. The molecule has 0 aliphatic rings. The third kappa shape index (κ3) is 4.46. The molecule has 0 amide bonds. The molecule has 9 heteroatoms. The number of hydrogen-bond acceptors (Lipinski definition) is 5. The van der Waals surface area contributed by atoms with E-state index in [1.807, 2.05) is 19.0 Å². The van der Waals surface area contributed by atoms with Crippen molar-refractivity contribution in [1.29, 1.82) is 0 Å². The van der Waals surface area contributed by atoms with Crippen molar-refractivity contribution in [2.24, 2.45) is 12.0 Å². The Kier molecular flexibility index (Phi) is 6.45. The third-order valence-electron chi connectivity index (χ3n) is 5.07. The topological polar surface area (TPSA) is 70.2 Å². The zero-order valence-electron chi connectivity index (χ0n) is 17.7. The van der Waals surface area contributed by atoms with Gasteiger partial charge in [-0.15, -0.1) is 0 Å². The summed E-state index contributed by atoms with van der Waals surface area (Å²) < 4.78 is 47.9. The third-order valence-corrected chi connectivity index (χ3v) is 5.07. The predicted octanol–water partition coefficient (Wildman–Crippen LogP) is 4.55. The Balaban J connectivity index is 1.99. The summed E-state index contributed by atoms with van der Waals surface area (Å²) in [6, 6.07) is 2.38. The summed E-state index contributed by atoms with van der Waals surface area (Å²) in [5.74, 6) is -4.40. The van der Waals surface area contributed by atoms with E-state index in [9.17, 15) is 23.4 Å². The van der Waals surface area contributed by atoms with Crippen molar-refractivity contribution < 1.29 is 28.1 Å². The number of halogens is 3. The highest BCUT2D eigenvalue weighted by Crippen LogP contribution is 2.44. The molecule has 0 spiro atoms. The van der Waals surface area contributed by atoms with Crippen LogP contribution >= 0.6 is 0 Å². The normalized spacial score (nSPS) is 11.9. The first-order valence-corrected chi connectivity index (χ1v) is 9.59. The van der Waals surface area contributed by atoms with Gasteiger partial charge in [0, 0.05) is 49.3 Å². The van der Waals surface area contributed by atoms with E-state index in [0.717, 1.165) is 6.54 Å². The molecule has 0 unspecified atom stereocenters. The fraction of sp³-hybridized carbons (Fsp3) is 0.318. The van der Waals surface area contributed by atoms with E-state index < -0.39 is 23.2 Å². The molecule has 0 saturated carbocycles. The van der Waals surface area contributed by atoms with Crippen molar-refractivity contribution in [1.82, 2.24) is 9.47 Å². The van der Waals surface area contributed by atoms with E-state index in [1.165, 1.54) is 6.07 Å². The number of phenolic OH excluding ortho intramolecular Hbond substituents is 2. The summed E-state index contributed by atoms with van der Waals surface area (Å²) in [4.78, 5) is 6.25. The van der Waals surface area contributed by atoms with Gasteiger partial charge >= 0.3 is 0 Å². The van der Waals surface area contributed by atoms with Crippen LogP contribution in [-0.4, -0.2) is 46.5 Å². The molecular formula is C22H24F3N3O3. The number of benzene rings is 2. The number of aryl methyl sites for hydroxylation is 1. The summed E-state index contributed by atoms with van der Waals surface area (Å²) in [5.41, 5.74) is 1.55. The van der Waals surface area contributed by atoms with Gasteiger partial charge in [0.05, 0.1) is 10.9 Å². The lowest BCUT2D eigenvalue weighted by molar-refractivity contribution is 0.272. The molecule has 0 bridgehead atoms. The molecule has 0 saturated heterocycles. The SMILES string of the molecule is Cc1c(COc2c(F)cc(F)cc2F)c2c(O)cc(N=CCCN(C)C)c(O)c2n1C. The summed E-state index contributed by atoms with van der Waals surface area (Å²) in [6.45, 7) is 2.19. The molecule has 0 fully saturated rings. The van der Waals surface area contributed by atoms with Crippen molar-refractivity contribution in [3.8, 4) is 17.2 Å². The van der Waals surface area contributed by atoms with E-state index in [4.69, 9.17) is 4.74 Å². The number of rotatable bonds is 7. The lowest BCUT2D eigenvalue weighted by Gasteiger charge is -2.10. The van der Waals surface area contributed by atoms with Gasteiger partial charge in [-0.25, -0.2) is 13.2 Å². The number of aromatic nitrogens is 1. The smallest absolute Gasteiger partial charge is 0.191 e. The van der Waals surface area contributed by atoms with Crippen LogP contribution in [0.1, 0.15) is 17.7 Å². The second-order valence-corrected chi connectivity index (χ2v) is 7.50. The zero-order valence-corrected chi connectivity index (χ0v) is 17.7. The fourth-order valence-electron chi connectivity index (χ4n) is 3.37. The Labute approximate surface area is 177 Å². The van der Waals surface area contributed by atoms with Crippen molar-refractivity contribution in [3.05, 3.63) is 46.9 Å². The van der Waals surface area contributed by atoms with E-state index >= 15 is 0 Å². The average Bonchev–Trinajstić information content (AvgIpc) is 2.93. The van der Waals surface area contributed by atoms with Crippen LogP contribution in [0.4, 0.5) is 18.9 Å². The molecule has 3 aromatic rings. The van der Waals surface area contributed by atoms with Crippen molar-refractivity contribution in [2.45, 2.75) is 20.0 Å². The molecule has 31 heavy (non-hydrogen) atoms. The molecule has 0 aliphatic heterocycles. The maximum absolute atomic E-state index is 13.9. The van der Waals surface area contributed by atoms with E-state index in [1.54, 1.807) is 24.8 Å². The van der Waals surface area contributed by atoms with Gasteiger partial charge in [-0.05, 0) is 27.4 Å². The van der Waals surface area contributed by atoms with E-state index in [2.05, 4.69) is 4.99 Å². The first-order chi connectivity index (χ1) is 14.6. The lowest BCUT2D eigenvalue weighted by atomic mass is 10.1. The lowest BCUT2D eigenvalue weighted by Crippen LogP contribution is -2.12. The van der Waals surface area contributed by atoms with Gasteiger partial charge in [0.1, 0.15) is 23.9 Å². The standard InChI is InChI=1S/C22H24F3N3O3/c1-12-14(11-31-22-15(24)8-13(23)9-16(22)25)19-18(29)10-17(21(30)20(19)28(12)4)26-6-5-7-27(2)3/h6,8-10,29-30H,5,7,11H2,1-4H3. The van der Waals surface area contributed by atoms with Gasteiger partial charge in [0.2, 0.25) is 0 Å². The Morgan fingerprint density at radius 1 is 1.13 bits per heavy atom. The summed E-state index contributed by atoms with van der Waals surface area (Å²) in [7, 11) is 5.55. The highest BCUT2D eigenvalue weighted by atomic mass is 19.1. The summed E-state index contributed by atoms with van der Waals surface area (Å²) in [6.07, 6.45) is 2.31. The number of aromatic hydroxyl groups is 2. The molecule has 6 nitrogen and oxygen atoms in total. The minimum atomic E-state index is -1.17. The molecule has 0 radical (unpaired) electrons. The van der Waals surface area contributed by atoms with Crippen LogP contribution in [0.15, 0.2) is 23.2 Å². The van der Waals surface area contributed by atoms with Crippen LogP contribution < -0.4 is 4.74 Å². The number of hydrogen-bond donors (Lipinski definition) is 2. The predicted molar refractivity (Wildman–Crippen MR) is 113 cm³/mol. The van der Waals surface area contributed by atoms with Crippen LogP contribution in [-0.2, 0) is 13.7 Å². The van der Waals surface area contributed by atoms with E-state index in [-0.39, 0.29) is 29.2 Å². The van der Waals surface area contributed by atoms with Gasteiger partial charge < -0.3 is 24.4 Å².